The van der Waals surface area contributed by atoms with Crippen LogP contribution in [0.4, 0.5) is 10.5 Å². The zero-order chi connectivity index (χ0) is 10.3. The molecule has 0 aromatic heterocycles. The number of fused-ring (bicyclic) bond motifs is 1. The van der Waals surface area contributed by atoms with Crippen LogP contribution in [0.25, 0.3) is 0 Å². The first kappa shape index (κ1) is 9.06. The molecule has 1 aromatic rings. The number of cyclic esters (lactones) is 1. The van der Waals surface area contributed by atoms with Gasteiger partial charge in [0, 0.05) is 12.6 Å². The van der Waals surface area contributed by atoms with Crippen molar-refractivity contribution in [1.82, 2.24) is 0 Å². The van der Waals surface area contributed by atoms with Gasteiger partial charge in [-0.15, -0.1) is 0 Å². The van der Waals surface area contributed by atoms with E-state index < -0.39 is 0 Å². The molecule has 0 radical (unpaired) electrons. The maximum absolute atomic E-state index is 11.4. The lowest BCUT2D eigenvalue weighted by Crippen LogP contribution is -2.33. The fourth-order valence-electron chi connectivity index (χ4n) is 1.87. The largest absolute Gasteiger partial charge is 0.441 e. The summed E-state index contributed by atoms with van der Waals surface area (Å²) in [5.41, 5.74) is 3.22. The van der Waals surface area contributed by atoms with Crippen molar-refractivity contribution in [3.05, 3.63) is 29.3 Å². The summed E-state index contributed by atoms with van der Waals surface area (Å²) in [6.45, 7) is 3.93. The SMILES string of the molecule is Cc1cccc2c1C(C)OC(=O)N2C. The van der Waals surface area contributed by atoms with E-state index in [1.165, 1.54) is 0 Å². The minimum Gasteiger partial charge on any atom is -0.441 e. The Balaban J connectivity index is 2.61. The van der Waals surface area contributed by atoms with Crippen LogP contribution >= 0.6 is 0 Å². The zero-order valence-corrected chi connectivity index (χ0v) is 8.57. The molecule has 0 bridgehead atoms. The number of amides is 1. The molecule has 1 amide bonds. The van der Waals surface area contributed by atoms with Crippen LogP contribution in [-0.4, -0.2) is 13.1 Å². The van der Waals surface area contributed by atoms with Crippen LogP contribution in [0.3, 0.4) is 0 Å². The first-order valence-corrected chi connectivity index (χ1v) is 4.65. The summed E-state index contributed by atoms with van der Waals surface area (Å²) in [4.78, 5) is 12.9. The van der Waals surface area contributed by atoms with E-state index in [2.05, 4.69) is 0 Å². The molecule has 3 heteroatoms. The van der Waals surface area contributed by atoms with Gasteiger partial charge in [0.25, 0.3) is 0 Å². The molecule has 0 N–H and O–H groups in total. The van der Waals surface area contributed by atoms with Gasteiger partial charge in [0.05, 0.1) is 5.69 Å². The highest BCUT2D eigenvalue weighted by Gasteiger charge is 2.28. The second kappa shape index (κ2) is 3.01. The molecule has 1 atom stereocenters. The number of rotatable bonds is 0. The average molecular weight is 191 g/mol. The predicted molar refractivity (Wildman–Crippen MR) is 54.5 cm³/mol. The first-order valence-electron chi connectivity index (χ1n) is 4.65. The smallest absolute Gasteiger partial charge is 0.414 e. The number of carbonyl (C=O) groups excluding carboxylic acids is 1. The van der Waals surface area contributed by atoms with Gasteiger partial charge in [0.1, 0.15) is 6.10 Å². The summed E-state index contributed by atoms with van der Waals surface area (Å²) in [6, 6.07) is 5.93. The number of hydrogen-bond donors (Lipinski definition) is 0. The van der Waals surface area contributed by atoms with Gasteiger partial charge in [0.15, 0.2) is 0 Å². The van der Waals surface area contributed by atoms with Gasteiger partial charge < -0.3 is 4.74 Å². The van der Waals surface area contributed by atoms with E-state index in [0.717, 1.165) is 16.8 Å². The number of nitrogens with zero attached hydrogens (tertiary/aromatic N) is 1. The Morgan fingerprint density at radius 3 is 2.86 bits per heavy atom. The van der Waals surface area contributed by atoms with Gasteiger partial charge in [-0.1, -0.05) is 12.1 Å². The van der Waals surface area contributed by atoms with Crippen LogP contribution in [0.5, 0.6) is 0 Å². The lowest BCUT2D eigenvalue weighted by molar-refractivity contribution is 0.109. The molecule has 0 saturated carbocycles. The fourth-order valence-corrected chi connectivity index (χ4v) is 1.87. The van der Waals surface area contributed by atoms with Crippen LogP contribution in [0.1, 0.15) is 24.2 Å². The topological polar surface area (TPSA) is 29.5 Å². The van der Waals surface area contributed by atoms with Crippen molar-refractivity contribution in [2.75, 3.05) is 11.9 Å². The molecule has 2 rings (SSSR count). The molecule has 1 aliphatic heterocycles. The molecule has 14 heavy (non-hydrogen) atoms. The second-order valence-corrected chi connectivity index (χ2v) is 3.59. The zero-order valence-electron chi connectivity index (χ0n) is 8.57. The van der Waals surface area contributed by atoms with E-state index >= 15 is 0 Å². The van der Waals surface area contributed by atoms with Crippen LogP contribution in [0, 0.1) is 6.92 Å². The lowest BCUT2D eigenvalue weighted by atomic mass is 10.0. The first-order chi connectivity index (χ1) is 6.61. The van der Waals surface area contributed by atoms with E-state index in [-0.39, 0.29) is 12.2 Å². The molecule has 1 unspecified atom stereocenters. The third-order valence-corrected chi connectivity index (χ3v) is 2.62. The maximum atomic E-state index is 11.4. The van der Waals surface area contributed by atoms with E-state index in [0.29, 0.717) is 0 Å². The van der Waals surface area contributed by atoms with Gasteiger partial charge in [-0.05, 0) is 25.5 Å². The van der Waals surface area contributed by atoms with Gasteiger partial charge in [-0.2, -0.15) is 0 Å². The quantitative estimate of drug-likeness (QED) is 0.631. The number of aryl methyl sites for hydroxylation is 1. The van der Waals surface area contributed by atoms with Crippen molar-refractivity contribution in [2.45, 2.75) is 20.0 Å². The summed E-state index contributed by atoms with van der Waals surface area (Å²) in [5.74, 6) is 0. The number of ether oxygens (including phenoxy) is 1. The second-order valence-electron chi connectivity index (χ2n) is 3.59. The lowest BCUT2D eigenvalue weighted by Gasteiger charge is -2.30. The molecule has 0 saturated heterocycles. The summed E-state index contributed by atoms with van der Waals surface area (Å²) in [5, 5.41) is 0. The van der Waals surface area contributed by atoms with Gasteiger partial charge in [-0.3, -0.25) is 4.90 Å². The van der Waals surface area contributed by atoms with E-state index in [9.17, 15) is 4.79 Å². The third-order valence-electron chi connectivity index (χ3n) is 2.62. The molecule has 74 valence electrons. The van der Waals surface area contributed by atoms with Crippen LogP contribution < -0.4 is 4.90 Å². The third kappa shape index (κ3) is 1.16. The molecule has 0 aliphatic carbocycles. The summed E-state index contributed by atoms with van der Waals surface area (Å²) >= 11 is 0. The highest BCUT2D eigenvalue weighted by Crippen LogP contribution is 2.35. The van der Waals surface area contributed by atoms with Crippen molar-refractivity contribution < 1.29 is 9.53 Å². The number of anilines is 1. The molecular weight excluding hydrogens is 178 g/mol. The van der Waals surface area contributed by atoms with Crippen LogP contribution in [0.15, 0.2) is 18.2 Å². The Labute approximate surface area is 83.3 Å². The molecule has 0 fully saturated rings. The standard InChI is InChI=1S/C11H13NO2/c1-7-5-4-6-9-10(7)8(2)14-11(13)12(9)3/h4-6,8H,1-3H3. The number of carbonyl (C=O) groups is 1. The number of benzene rings is 1. The van der Waals surface area contributed by atoms with E-state index in [4.69, 9.17) is 4.74 Å². The Bertz CT molecular complexity index is 387. The highest BCUT2D eigenvalue weighted by molar-refractivity contribution is 5.90. The van der Waals surface area contributed by atoms with Gasteiger partial charge in [-0.25, -0.2) is 4.79 Å². The summed E-state index contributed by atoms with van der Waals surface area (Å²) < 4.78 is 5.19. The molecular formula is C11H13NO2. The predicted octanol–water partition coefficient (Wildman–Crippen LogP) is 2.64. The average Bonchev–Trinajstić information content (AvgIpc) is 2.14. The van der Waals surface area contributed by atoms with Crippen molar-refractivity contribution in [2.24, 2.45) is 0 Å². The Morgan fingerprint density at radius 2 is 2.14 bits per heavy atom. The molecule has 1 aliphatic rings. The van der Waals surface area contributed by atoms with E-state index in [1.54, 1.807) is 11.9 Å². The van der Waals surface area contributed by atoms with Crippen molar-refractivity contribution in [3.63, 3.8) is 0 Å². The fraction of sp³-hybridized carbons (Fsp3) is 0.364. The monoisotopic (exact) mass is 191 g/mol. The normalized spacial score (nSPS) is 20.4. The van der Waals surface area contributed by atoms with Crippen LogP contribution in [-0.2, 0) is 4.74 Å². The number of hydrogen-bond acceptors (Lipinski definition) is 2. The Morgan fingerprint density at radius 1 is 1.43 bits per heavy atom. The Kier molecular flexibility index (Phi) is 1.95. The van der Waals surface area contributed by atoms with E-state index in [1.807, 2.05) is 32.0 Å². The van der Waals surface area contributed by atoms with Gasteiger partial charge in [0.2, 0.25) is 0 Å². The van der Waals surface area contributed by atoms with Crippen molar-refractivity contribution >= 4 is 11.8 Å². The highest BCUT2D eigenvalue weighted by atomic mass is 16.6. The van der Waals surface area contributed by atoms with Crippen molar-refractivity contribution in [1.29, 1.82) is 0 Å². The maximum Gasteiger partial charge on any atom is 0.414 e. The van der Waals surface area contributed by atoms with Crippen molar-refractivity contribution in [3.8, 4) is 0 Å². The summed E-state index contributed by atoms with van der Waals surface area (Å²) in [7, 11) is 1.73. The van der Waals surface area contributed by atoms with Crippen LogP contribution in [0.2, 0.25) is 0 Å². The molecule has 1 aromatic carbocycles. The minimum absolute atomic E-state index is 0.144. The summed E-state index contributed by atoms with van der Waals surface area (Å²) in [6.07, 6.45) is -0.425. The molecule has 3 nitrogen and oxygen atoms in total. The Hall–Kier alpha value is -1.51. The minimum atomic E-state index is -0.282. The molecule has 0 spiro atoms. The molecule has 1 heterocycles. The van der Waals surface area contributed by atoms with Gasteiger partial charge >= 0.3 is 6.09 Å².